The van der Waals surface area contributed by atoms with E-state index < -0.39 is 0 Å². The molecule has 0 unspecified atom stereocenters. The zero-order chi connectivity index (χ0) is 14.7. The number of allylic oxidation sites excluding steroid dienone is 1. The van der Waals surface area contributed by atoms with Gasteiger partial charge in [-0.1, -0.05) is 0 Å². The van der Waals surface area contributed by atoms with Crippen molar-refractivity contribution in [2.75, 3.05) is 5.08 Å². The molecule has 3 nitrogen and oxygen atoms in total. The molecule has 0 saturated carbocycles. The molecule has 102 valence electrons. The Morgan fingerprint density at radius 3 is 2.24 bits per heavy atom. The van der Waals surface area contributed by atoms with Gasteiger partial charge in [-0.25, -0.2) is 0 Å². The minimum Gasteiger partial charge on any atom is -0.289 e. The number of ketones is 1. The molecule has 1 fully saturated rings. The summed E-state index contributed by atoms with van der Waals surface area (Å²) < 4.78 is 1.05. The van der Waals surface area contributed by atoms with Gasteiger partial charge in [-0.05, 0) is 42.0 Å². The van der Waals surface area contributed by atoms with Gasteiger partial charge in [-0.2, -0.15) is 5.26 Å². The van der Waals surface area contributed by atoms with Crippen LogP contribution in [0.3, 0.4) is 0 Å². The predicted octanol–water partition coefficient (Wildman–Crippen LogP) is 3.94. The van der Waals surface area contributed by atoms with E-state index in [0.717, 1.165) is 20.5 Å². The zero-order valence-electron chi connectivity index (χ0n) is 10.9. The Bertz CT molecular complexity index is 740. The van der Waals surface area contributed by atoms with Gasteiger partial charge >= 0.3 is 0 Å². The van der Waals surface area contributed by atoms with Gasteiger partial charge in [0.2, 0.25) is 0 Å². The fourth-order valence-corrected chi connectivity index (χ4v) is 3.62. The Labute approximate surface area is 131 Å². The summed E-state index contributed by atoms with van der Waals surface area (Å²) in [6, 6.07) is 12.5. The molecule has 0 atom stereocenters. The minimum absolute atomic E-state index is 0.0135. The van der Waals surface area contributed by atoms with E-state index in [-0.39, 0.29) is 5.78 Å². The van der Waals surface area contributed by atoms with Gasteiger partial charge in [0.15, 0.2) is 5.78 Å². The molecule has 0 aliphatic carbocycles. The molecule has 1 aliphatic heterocycles. The van der Waals surface area contributed by atoms with Crippen molar-refractivity contribution in [2.45, 2.75) is 0 Å². The smallest absolute Gasteiger partial charge is 0.195 e. The number of nitriles is 1. The van der Waals surface area contributed by atoms with Gasteiger partial charge in [0.05, 0.1) is 15.9 Å². The number of Topliss-reactive ketones (excluding diaryl/α,β-unsaturated/α-hetero) is 1. The van der Waals surface area contributed by atoms with Crippen LogP contribution in [0.1, 0.15) is 21.5 Å². The van der Waals surface area contributed by atoms with Gasteiger partial charge in [0.25, 0.3) is 0 Å². The summed E-state index contributed by atoms with van der Waals surface area (Å²) in [7, 11) is 0. The quantitative estimate of drug-likeness (QED) is 0.635. The highest BCUT2D eigenvalue weighted by molar-refractivity contribution is 8.37. The van der Waals surface area contributed by atoms with Crippen molar-refractivity contribution in [1.29, 1.82) is 5.26 Å². The maximum atomic E-state index is 12.8. The summed E-state index contributed by atoms with van der Waals surface area (Å²) in [5, 5.41) is 9.81. The highest BCUT2D eigenvalue weighted by atomic mass is 32.3. The van der Waals surface area contributed by atoms with Crippen molar-refractivity contribution in [3.8, 4) is 6.07 Å². The first-order chi connectivity index (χ1) is 10.3. The number of benzene rings is 1. The first kappa shape index (κ1) is 13.9. The Kier molecular flexibility index (Phi) is 4.09. The predicted molar refractivity (Wildman–Crippen MR) is 86.7 cm³/mol. The summed E-state index contributed by atoms with van der Waals surface area (Å²) in [6.07, 6.45) is 3.38. The number of carbonyl (C=O) groups excluding carboxylic acids is 1. The fourth-order valence-electron chi connectivity index (χ4n) is 1.96. The van der Waals surface area contributed by atoms with Crippen molar-refractivity contribution in [3.05, 3.63) is 69.7 Å². The summed E-state index contributed by atoms with van der Waals surface area (Å²) in [5.74, 6) is -0.0135. The van der Waals surface area contributed by atoms with Crippen molar-refractivity contribution in [2.24, 2.45) is 0 Å². The number of hydrogen-bond acceptors (Lipinski definition) is 5. The molecule has 1 aromatic heterocycles. The molecule has 3 rings (SSSR count). The second-order valence-corrected chi connectivity index (χ2v) is 6.92. The van der Waals surface area contributed by atoms with Crippen LogP contribution >= 0.6 is 23.5 Å². The summed E-state index contributed by atoms with van der Waals surface area (Å²) in [6.45, 7) is 0. The molecular weight excluding hydrogens is 300 g/mol. The summed E-state index contributed by atoms with van der Waals surface area (Å²) >= 11 is 3.38. The third kappa shape index (κ3) is 2.87. The van der Waals surface area contributed by atoms with E-state index in [4.69, 9.17) is 5.26 Å². The van der Waals surface area contributed by atoms with Crippen LogP contribution in [0.15, 0.2) is 53.0 Å². The number of aromatic nitrogens is 1. The SMILES string of the molecule is N#Cc1ccc(C(=O)C(=C2SCS2)c2ccncc2)cc1. The topological polar surface area (TPSA) is 53.8 Å². The third-order valence-electron chi connectivity index (χ3n) is 3.06. The average Bonchev–Trinajstić information content (AvgIpc) is 2.51. The number of thioether (sulfide) groups is 2. The molecule has 0 N–H and O–H groups in total. The fraction of sp³-hybridized carbons (Fsp3) is 0.0625. The van der Waals surface area contributed by atoms with Crippen LogP contribution < -0.4 is 0 Å². The van der Waals surface area contributed by atoms with Crippen molar-refractivity contribution >= 4 is 34.9 Å². The van der Waals surface area contributed by atoms with Crippen molar-refractivity contribution < 1.29 is 4.79 Å². The lowest BCUT2D eigenvalue weighted by atomic mass is 9.98. The van der Waals surface area contributed by atoms with Crippen LogP contribution in [-0.2, 0) is 0 Å². The number of carbonyl (C=O) groups is 1. The first-order valence-electron chi connectivity index (χ1n) is 6.25. The van der Waals surface area contributed by atoms with Crippen LogP contribution in [0, 0.1) is 11.3 Å². The van der Waals surface area contributed by atoms with Crippen LogP contribution in [0.5, 0.6) is 0 Å². The second-order valence-electron chi connectivity index (χ2n) is 4.32. The largest absolute Gasteiger partial charge is 0.289 e. The molecule has 1 saturated heterocycles. The summed E-state index contributed by atoms with van der Waals surface area (Å²) in [5.41, 5.74) is 2.76. The first-order valence-corrected chi connectivity index (χ1v) is 8.22. The lowest BCUT2D eigenvalue weighted by Crippen LogP contribution is -2.07. The Hall–Kier alpha value is -2.03. The van der Waals surface area contributed by atoms with Gasteiger partial charge < -0.3 is 0 Å². The van der Waals surface area contributed by atoms with Crippen LogP contribution in [-0.4, -0.2) is 15.9 Å². The van der Waals surface area contributed by atoms with E-state index in [1.165, 1.54) is 0 Å². The van der Waals surface area contributed by atoms with E-state index >= 15 is 0 Å². The van der Waals surface area contributed by atoms with E-state index in [1.54, 1.807) is 60.2 Å². The van der Waals surface area contributed by atoms with Crippen molar-refractivity contribution in [3.63, 3.8) is 0 Å². The molecule has 0 spiro atoms. The standard InChI is InChI=1S/C16H10N2OS2/c17-9-11-1-3-13(4-2-11)15(19)14(16-20-10-21-16)12-5-7-18-8-6-12/h1-8H,10H2. The van der Waals surface area contributed by atoms with E-state index in [2.05, 4.69) is 11.1 Å². The molecule has 2 heterocycles. The van der Waals surface area contributed by atoms with Crippen LogP contribution in [0.2, 0.25) is 0 Å². The second kappa shape index (κ2) is 6.17. The maximum Gasteiger partial charge on any atom is 0.195 e. The third-order valence-corrected chi connectivity index (χ3v) is 5.64. The molecule has 5 heteroatoms. The Morgan fingerprint density at radius 2 is 1.71 bits per heavy atom. The summed E-state index contributed by atoms with van der Waals surface area (Å²) in [4.78, 5) is 16.8. The van der Waals surface area contributed by atoms with Crippen LogP contribution in [0.4, 0.5) is 0 Å². The normalized spacial score (nSPS) is 13.2. The van der Waals surface area contributed by atoms with Gasteiger partial charge in [-0.15, -0.1) is 23.5 Å². The molecule has 0 bridgehead atoms. The Morgan fingerprint density at radius 1 is 1.05 bits per heavy atom. The van der Waals surface area contributed by atoms with Crippen LogP contribution in [0.25, 0.3) is 5.57 Å². The number of pyridine rings is 1. The molecule has 0 amide bonds. The Balaban J connectivity index is 2.01. The molecule has 2 aromatic rings. The van der Waals surface area contributed by atoms with Gasteiger partial charge in [0, 0.05) is 28.6 Å². The number of rotatable bonds is 3. The lowest BCUT2D eigenvalue weighted by molar-refractivity contribution is 0.105. The minimum atomic E-state index is -0.0135. The molecular formula is C16H10N2OS2. The van der Waals surface area contributed by atoms with Gasteiger partial charge in [0.1, 0.15) is 0 Å². The van der Waals surface area contributed by atoms with E-state index in [0.29, 0.717) is 11.1 Å². The van der Waals surface area contributed by atoms with Gasteiger partial charge in [-0.3, -0.25) is 9.78 Å². The molecule has 0 radical (unpaired) electrons. The highest BCUT2D eigenvalue weighted by Crippen LogP contribution is 2.48. The lowest BCUT2D eigenvalue weighted by Gasteiger charge is -2.20. The van der Waals surface area contributed by atoms with E-state index in [1.807, 2.05) is 12.1 Å². The van der Waals surface area contributed by atoms with E-state index in [9.17, 15) is 4.79 Å². The monoisotopic (exact) mass is 310 g/mol. The maximum absolute atomic E-state index is 12.8. The average molecular weight is 310 g/mol. The zero-order valence-corrected chi connectivity index (χ0v) is 12.6. The highest BCUT2D eigenvalue weighted by Gasteiger charge is 2.24. The molecule has 1 aromatic carbocycles. The number of hydrogen-bond donors (Lipinski definition) is 0. The molecule has 21 heavy (non-hydrogen) atoms. The van der Waals surface area contributed by atoms with Crippen molar-refractivity contribution in [1.82, 2.24) is 4.98 Å². The number of nitrogens with zero attached hydrogens (tertiary/aromatic N) is 2. The molecule has 1 aliphatic rings.